The maximum atomic E-state index is 13.6. The third-order valence-corrected chi connectivity index (χ3v) is 5.53. The van der Waals surface area contributed by atoms with Gasteiger partial charge in [0.15, 0.2) is 0 Å². The SMILES string of the molecule is Cc1[nH]n(-c2ccccc2)c(=O)c1C1c2ccccc2Oc2nc(N)c(C#N)c(N)c21. The van der Waals surface area contributed by atoms with Crippen LogP contribution in [0.5, 0.6) is 11.6 Å². The number of nitrogens with one attached hydrogen (secondary N) is 1. The average Bonchev–Trinajstić information content (AvgIpc) is 3.07. The number of ether oxygens (including phenoxy) is 1. The second kappa shape index (κ2) is 6.78. The first-order valence-corrected chi connectivity index (χ1v) is 9.64. The number of aromatic nitrogens is 3. The second-order valence-corrected chi connectivity index (χ2v) is 7.32. The lowest BCUT2D eigenvalue weighted by molar-refractivity contribution is 0.435. The summed E-state index contributed by atoms with van der Waals surface area (Å²) in [5.41, 5.74) is 15.4. The molecule has 1 aliphatic heterocycles. The van der Waals surface area contributed by atoms with Crippen molar-refractivity contribution in [3.05, 3.63) is 92.9 Å². The highest BCUT2D eigenvalue weighted by molar-refractivity contribution is 5.75. The van der Waals surface area contributed by atoms with E-state index in [9.17, 15) is 10.1 Å². The van der Waals surface area contributed by atoms with Crippen LogP contribution in [0.15, 0.2) is 59.4 Å². The Morgan fingerprint density at radius 1 is 1.10 bits per heavy atom. The number of pyridine rings is 1. The fourth-order valence-corrected chi connectivity index (χ4v) is 4.12. The highest BCUT2D eigenvalue weighted by atomic mass is 16.5. The van der Waals surface area contributed by atoms with Crippen molar-refractivity contribution >= 4 is 11.5 Å². The predicted octanol–water partition coefficient (Wildman–Crippen LogP) is 3.19. The van der Waals surface area contributed by atoms with Gasteiger partial charge in [-0.3, -0.25) is 9.89 Å². The van der Waals surface area contributed by atoms with Gasteiger partial charge in [-0.05, 0) is 25.1 Å². The summed E-state index contributed by atoms with van der Waals surface area (Å²) in [5.74, 6) is 0.171. The number of fused-ring (bicyclic) bond motifs is 2. The van der Waals surface area contributed by atoms with Gasteiger partial charge in [-0.25, -0.2) is 4.68 Å². The zero-order valence-corrected chi connectivity index (χ0v) is 16.6. The second-order valence-electron chi connectivity index (χ2n) is 7.32. The predicted molar refractivity (Wildman–Crippen MR) is 116 cm³/mol. The van der Waals surface area contributed by atoms with E-state index in [-0.39, 0.29) is 28.5 Å². The maximum absolute atomic E-state index is 13.6. The van der Waals surface area contributed by atoms with Gasteiger partial charge in [0.25, 0.3) is 5.56 Å². The van der Waals surface area contributed by atoms with Gasteiger partial charge in [0, 0.05) is 11.3 Å². The molecule has 1 unspecified atom stereocenters. The van der Waals surface area contributed by atoms with E-state index in [1.165, 1.54) is 4.68 Å². The number of hydrogen-bond donors (Lipinski definition) is 3. The fourth-order valence-electron chi connectivity index (χ4n) is 4.12. The van der Waals surface area contributed by atoms with Crippen molar-refractivity contribution in [1.82, 2.24) is 14.8 Å². The Morgan fingerprint density at radius 2 is 1.81 bits per heavy atom. The van der Waals surface area contributed by atoms with Crippen LogP contribution < -0.4 is 21.8 Å². The van der Waals surface area contributed by atoms with Crippen molar-refractivity contribution in [2.45, 2.75) is 12.8 Å². The van der Waals surface area contributed by atoms with E-state index in [0.717, 1.165) is 5.56 Å². The van der Waals surface area contributed by atoms with E-state index < -0.39 is 5.92 Å². The number of nitrogens with zero attached hydrogens (tertiary/aromatic N) is 3. The van der Waals surface area contributed by atoms with Crippen LogP contribution in [0.25, 0.3) is 5.69 Å². The third kappa shape index (κ3) is 2.68. The average molecular weight is 410 g/mol. The molecule has 0 saturated heterocycles. The molecular weight excluding hydrogens is 392 g/mol. The Hall–Kier alpha value is -4.51. The highest BCUT2D eigenvalue weighted by Gasteiger charge is 2.37. The summed E-state index contributed by atoms with van der Waals surface area (Å²) < 4.78 is 7.46. The van der Waals surface area contributed by atoms with Crippen molar-refractivity contribution in [2.75, 3.05) is 11.5 Å². The number of aryl methyl sites for hydroxylation is 1. The van der Waals surface area contributed by atoms with E-state index in [4.69, 9.17) is 16.2 Å². The minimum atomic E-state index is -0.575. The van der Waals surface area contributed by atoms with Crippen LogP contribution in [0.3, 0.4) is 0 Å². The van der Waals surface area contributed by atoms with Crippen LogP contribution in [-0.4, -0.2) is 14.8 Å². The quantitative estimate of drug-likeness (QED) is 0.409. The number of aromatic amines is 1. The van der Waals surface area contributed by atoms with Crippen LogP contribution >= 0.6 is 0 Å². The molecule has 5 N–H and O–H groups in total. The first-order valence-electron chi connectivity index (χ1n) is 9.64. The molecule has 31 heavy (non-hydrogen) atoms. The molecule has 0 bridgehead atoms. The number of para-hydroxylation sites is 2. The van der Waals surface area contributed by atoms with Crippen LogP contribution in [0.4, 0.5) is 11.5 Å². The minimum absolute atomic E-state index is 0.00984. The molecule has 152 valence electrons. The third-order valence-electron chi connectivity index (χ3n) is 5.53. The van der Waals surface area contributed by atoms with Gasteiger partial charge in [-0.1, -0.05) is 36.4 Å². The maximum Gasteiger partial charge on any atom is 0.275 e. The van der Waals surface area contributed by atoms with Gasteiger partial charge in [0.2, 0.25) is 5.88 Å². The summed E-state index contributed by atoms with van der Waals surface area (Å²) in [6.45, 7) is 1.83. The van der Waals surface area contributed by atoms with Crippen LogP contribution in [0.2, 0.25) is 0 Å². The molecule has 3 heterocycles. The Morgan fingerprint density at radius 3 is 2.55 bits per heavy atom. The fraction of sp³-hybridized carbons (Fsp3) is 0.0870. The summed E-state index contributed by atoms with van der Waals surface area (Å²) in [6, 6.07) is 18.7. The van der Waals surface area contributed by atoms with Gasteiger partial charge >= 0.3 is 0 Å². The number of nitriles is 1. The number of nitrogens with two attached hydrogens (primary N) is 2. The molecule has 2 aromatic heterocycles. The standard InChI is InChI=1S/C23H18N6O2/c1-12-17(23(30)29(28-12)13-7-3-2-4-8-13)18-14-9-5-6-10-16(14)31-22-19(18)20(25)15(11-24)21(26)27-22/h2-10,18,28H,1H3,(H4,25,26,27). The molecule has 8 heteroatoms. The van der Waals surface area contributed by atoms with Crippen molar-refractivity contribution in [1.29, 1.82) is 5.26 Å². The summed E-state index contributed by atoms with van der Waals surface area (Å²) in [4.78, 5) is 17.9. The first-order chi connectivity index (χ1) is 15.0. The number of anilines is 2. The monoisotopic (exact) mass is 410 g/mol. The van der Waals surface area contributed by atoms with Gasteiger partial charge in [-0.15, -0.1) is 0 Å². The summed E-state index contributed by atoms with van der Waals surface area (Å²) in [5, 5.41) is 12.7. The Bertz CT molecular complexity index is 1430. The minimum Gasteiger partial charge on any atom is -0.438 e. The molecule has 0 amide bonds. The molecule has 1 aliphatic rings. The normalized spacial score (nSPS) is 14.3. The van der Waals surface area contributed by atoms with Gasteiger partial charge < -0.3 is 16.2 Å². The van der Waals surface area contributed by atoms with E-state index in [1.54, 1.807) is 6.07 Å². The van der Waals surface area contributed by atoms with Gasteiger partial charge in [0.05, 0.1) is 28.4 Å². The Labute approximate surface area is 177 Å². The summed E-state index contributed by atoms with van der Waals surface area (Å²) >= 11 is 0. The molecule has 8 nitrogen and oxygen atoms in total. The van der Waals surface area contributed by atoms with Crippen LogP contribution in [0.1, 0.15) is 33.9 Å². The van der Waals surface area contributed by atoms with E-state index in [0.29, 0.717) is 28.3 Å². The molecule has 0 aliphatic carbocycles. The molecule has 1 atom stereocenters. The molecule has 0 saturated carbocycles. The van der Waals surface area contributed by atoms with Crippen molar-refractivity contribution in [3.63, 3.8) is 0 Å². The molecule has 0 fully saturated rings. The topological polar surface area (TPSA) is 136 Å². The molecule has 2 aromatic carbocycles. The van der Waals surface area contributed by atoms with E-state index in [1.807, 2.05) is 61.5 Å². The zero-order chi connectivity index (χ0) is 21.7. The van der Waals surface area contributed by atoms with Crippen molar-refractivity contribution in [2.24, 2.45) is 0 Å². The Kier molecular flexibility index (Phi) is 4.05. The summed E-state index contributed by atoms with van der Waals surface area (Å²) in [7, 11) is 0. The van der Waals surface area contributed by atoms with E-state index in [2.05, 4.69) is 10.1 Å². The van der Waals surface area contributed by atoms with Crippen LogP contribution in [0, 0.1) is 18.3 Å². The smallest absolute Gasteiger partial charge is 0.275 e. The van der Waals surface area contributed by atoms with Crippen molar-refractivity contribution < 1.29 is 4.74 Å². The molecule has 4 aromatic rings. The van der Waals surface area contributed by atoms with Crippen molar-refractivity contribution in [3.8, 4) is 23.4 Å². The number of nitrogen functional groups attached to an aromatic ring is 2. The largest absolute Gasteiger partial charge is 0.438 e. The number of hydrogen-bond acceptors (Lipinski definition) is 6. The lowest BCUT2D eigenvalue weighted by Gasteiger charge is -2.28. The van der Waals surface area contributed by atoms with Crippen LogP contribution in [-0.2, 0) is 0 Å². The number of rotatable bonds is 2. The van der Waals surface area contributed by atoms with E-state index >= 15 is 0 Å². The lowest BCUT2D eigenvalue weighted by Crippen LogP contribution is -2.24. The number of benzene rings is 2. The molecule has 0 radical (unpaired) electrons. The van der Waals surface area contributed by atoms with Gasteiger partial charge in [0.1, 0.15) is 23.2 Å². The zero-order valence-electron chi connectivity index (χ0n) is 16.6. The van der Waals surface area contributed by atoms with Gasteiger partial charge in [-0.2, -0.15) is 10.2 Å². The summed E-state index contributed by atoms with van der Waals surface area (Å²) in [6.07, 6.45) is 0. The lowest BCUT2D eigenvalue weighted by atomic mass is 9.82. The number of H-pyrrole nitrogens is 1. The first kappa shape index (κ1) is 18.5. The molecular formula is C23H18N6O2. The Balaban J connectivity index is 1.83. The molecule has 5 rings (SSSR count). The molecule has 0 spiro atoms. The highest BCUT2D eigenvalue weighted by Crippen LogP contribution is 2.49.